The Morgan fingerprint density at radius 3 is 3.00 bits per heavy atom. The van der Waals surface area contributed by atoms with Crippen LogP contribution < -0.4 is 9.47 Å². The van der Waals surface area contributed by atoms with Crippen molar-refractivity contribution in [2.75, 3.05) is 19.5 Å². The molecule has 1 atom stereocenters. The highest BCUT2D eigenvalue weighted by atomic mass is 32.2. The summed E-state index contributed by atoms with van der Waals surface area (Å²) in [6, 6.07) is 0. The van der Waals surface area contributed by atoms with Crippen LogP contribution in [-0.2, 0) is 14.3 Å². The Morgan fingerprint density at radius 2 is 2.27 bits per heavy atom. The van der Waals surface area contributed by atoms with Gasteiger partial charge in [0.05, 0.1) is 7.11 Å². The lowest BCUT2D eigenvalue weighted by atomic mass is 10.4. The van der Waals surface area contributed by atoms with Gasteiger partial charge in [-0.1, -0.05) is 0 Å². The molecule has 0 bridgehead atoms. The molecule has 7 heteroatoms. The van der Waals surface area contributed by atoms with Crippen molar-refractivity contribution in [1.29, 1.82) is 0 Å². The maximum absolute atomic E-state index is 11.2. The second-order valence-electron chi connectivity index (χ2n) is 3.04. The molecule has 15 heavy (non-hydrogen) atoms. The van der Waals surface area contributed by atoms with Crippen LogP contribution in [0.15, 0.2) is 10.8 Å². The summed E-state index contributed by atoms with van der Waals surface area (Å²) in [7, 11) is -2.37. The SMILES string of the molecule is COS(=O)(=O)CC1COc2cscc2O1. The summed E-state index contributed by atoms with van der Waals surface area (Å²) in [5.41, 5.74) is 0. The largest absolute Gasteiger partial charge is 0.485 e. The van der Waals surface area contributed by atoms with Gasteiger partial charge in [-0.15, -0.1) is 11.3 Å². The van der Waals surface area contributed by atoms with E-state index in [1.807, 2.05) is 5.38 Å². The highest BCUT2D eigenvalue weighted by Crippen LogP contribution is 2.35. The lowest BCUT2D eigenvalue weighted by Crippen LogP contribution is -2.35. The Morgan fingerprint density at radius 1 is 1.53 bits per heavy atom. The molecule has 0 fully saturated rings. The molecule has 0 aromatic carbocycles. The van der Waals surface area contributed by atoms with E-state index in [1.54, 1.807) is 5.38 Å². The van der Waals surface area contributed by atoms with Gasteiger partial charge in [0.15, 0.2) is 11.5 Å². The summed E-state index contributed by atoms with van der Waals surface area (Å²) in [5.74, 6) is 1.08. The molecule has 2 heterocycles. The van der Waals surface area contributed by atoms with Crippen LogP contribution in [0.4, 0.5) is 0 Å². The van der Waals surface area contributed by atoms with E-state index in [0.717, 1.165) is 7.11 Å². The molecule has 0 N–H and O–H groups in total. The number of rotatable bonds is 3. The van der Waals surface area contributed by atoms with Crippen molar-refractivity contribution in [3.05, 3.63) is 10.8 Å². The van der Waals surface area contributed by atoms with Crippen molar-refractivity contribution in [3.63, 3.8) is 0 Å². The fraction of sp³-hybridized carbons (Fsp3) is 0.500. The fourth-order valence-electron chi connectivity index (χ4n) is 1.24. The number of ether oxygens (including phenoxy) is 2. The van der Waals surface area contributed by atoms with E-state index in [1.165, 1.54) is 11.3 Å². The molecule has 84 valence electrons. The van der Waals surface area contributed by atoms with Gasteiger partial charge >= 0.3 is 0 Å². The Balaban J connectivity index is 2.05. The van der Waals surface area contributed by atoms with E-state index in [0.29, 0.717) is 11.5 Å². The van der Waals surface area contributed by atoms with Crippen molar-refractivity contribution >= 4 is 21.5 Å². The van der Waals surface area contributed by atoms with Gasteiger partial charge in [0.1, 0.15) is 18.5 Å². The lowest BCUT2D eigenvalue weighted by Gasteiger charge is -2.23. The van der Waals surface area contributed by atoms with Crippen LogP contribution in [-0.4, -0.2) is 34.0 Å². The summed E-state index contributed by atoms with van der Waals surface area (Å²) < 4.78 is 37.4. The van der Waals surface area contributed by atoms with Gasteiger partial charge in [-0.3, -0.25) is 4.18 Å². The highest BCUT2D eigenvalue weighted by molar-refractivity contribution is 7.86. The van der Waals surface area contributed by atoms with Gasteiger partial charge < -0.3 is 9.47 Å². The van der Waals surface area contributed by atoms with Crippen LogP contribution in [0, 0.1) is 0 Å². The number of hydrogen-bond donors (Lipinski definition) is 0. The third kappa shape index (κ3) is 2.42. The first-order valence-corrected chi connectivity index (χ1v) is 6.76. The van der Waals surface area contributed by atoms with Gasteiger partial charge in [0, 0.05) is 10.8 Å². The predicted molar refractivity (Wildman–Crippen MR) is 55.0 cm³/mol. The number of hydrogen-bond acceptors (Lipinski definition) is 6. The van der Waals surface area contributed by atoms with Crippen LogP contribution in [0.1, 0.15) is 0 Å². The third-order valence-corrected chi connectivity index (χ3v) is 3.94. The van der Waals surface area contributed by atoms with Crippen LogP contribution in [0.5, 0.6) is 11.5 Å². The summed E-state index contributed by atoms with van der Waals surface area (Å²) in [5, 5.41) is 3.59. The smallest absolute Gasteiger partial charge is 0.270 e. The van der Waals surface area contributed by atoms with Gasteiger partial charge in [-0.2, -0.15) is 8.42 Å². The minimum atomic E-state index is -3.51. The zero-order chi connectivity index (χ0) is 10.9. The molecule has 1 aliphatic heterocycles. The molecule has 0 saturated heterocycles. The topological polar surface area (TPSA) is 61.8 Å². The van der Waals surface area contributed by atoms with Crippen LogP contribution >= 0.6 is 11.3 Å². The molecular weight excluding hydrogens is 240 g/mol. The maximum atomic E-state index is 11.2. The Bertz CT molecular complexity index is 436. The molecule has 1 unspecified atom stereocenters. The first-order valence-electron chi connectivity index (χ1n) is 4.24. The third-order valence-electron chi connectivity index (χ3n) is 1.96. The molecule has 0 amide bonds. The fourth-order valence-corrected chi connectivity index (χ4v) is 2.67. The minimum Gasteiger partial charge on any atom is -0.485 e. The summed E-state index contributed by atoms with van der Waals surface area (Å²) in [6.07, 6.45) is -0.503. The molecule has 1 aliphatic rings. The van der Waals surface area contributed by atoms with E-state index < -0.39 is 16.2 Å². The van der Waals surface area contributed by atoms with Crippen LogP contribution in [0.25, 0.3) is 0 Å². The normalized spacial score (nSPS) is 20.2. The molecule has 5 nitrogen and oxygen atoms in total. The van der Waals surface area contributed by atoms with E-state index in [-0.39, 0.29) is 12.4 Å². The first kappa shape index (κ1) is 10.7. The molecular formula is C8H10O5S2. The summed E-state index contributed by atoms with van der Waals surface area (Å²) >= 11 is 1.45. The lowest BCUT2D eigenvalue weighted by molar-refractivity contribution is 0.106. The van der Waals surface area contributed by atoms with Crippen molar-refractivity contribution in [2.45, 2.75) is 6.10 Å². The average Bonchev–Trinajstić information content (AvgIpc) is 2.64. The number of fused-ring (bicyclic) bond motifs is 1. The van der Waals surface area contributed by atoms with Gasteiger partial charge in [0.25, 0.3) is 10.1 Å². The molecule has 2 rings (SSSR count). The molecule has 0 aliphatic carbocycles. The van der Waals surface area contributed by atoms with Gasteiger partial charge in [-0.05, 0) is 0 Å². The molecule has 0 radical (unpaired) electrons. The first-order chi connectivity index (χ1) is 7.11. The van der Waals surface area contributed by atoms with E-state index >= 15 is 0 Å². The monoisotopic (exact) mass is 250 g/mol. The van der Waals surface area contributed by atoms with Crippen LogP contribution in [0.3, 0.4) is 0 Å². The number of thiophene rings is 1. The van der Waals surface area contributed by atoms with Crippen molar-refractivity contribution < 1.29 is 22.1 Å². The Kier molecular flexibility index (Phi) is 2.85. The predicted octanol–water partition coefficient (Wildman–Crippen LogP) is 0.864. The van der Waals surface area contributed by atoms with E-state index in [2.05, 4.69) is 4.18 Å². The highest BCUT2D eigenvalue weighted by Gasteiger charge is 2.26. The van der Waals surface area contributed by atoms with Crippen molar-refractivity contribution in [3.8, 4) is 11.5 Å². The zero-order valence-electron chi connectivity index (χ0n) is 8.00. The van der Waals surface area contributed by atoms with E-state index in [9.17, 15) is 8.42 Å². The molecule has 0 spiro atoms. The van der Waals surface area contributed by atoms with Crippen molar-refractivity contribution in [2.24, 2.45) is 0 Å². The van der Waals surface area contributed by atoms with Gasteiger partial charge in [0.2, 0.25) is 0 Å². The molecule has 1 aromatic rings. The maximum Gasteiger partial charge on any atom is 0.270 e. The standard InChI is InChI=1S/C8H10O5S2/c1-11-15(9,10)5-6-2-12-7-3-14-4-8(7)13-6/h3-4,6H,2,5H2,1H3. The summed E-state index contributed by atoms with van der Waals surface area (Å²) in [6.45, 7) is 0.228. The second-order valence-corrected chi connectivity index (χ2v) is 5.57. The van der Waals surface area contributed by atoms with Crippen molar-refractivity contribution in [1.82, 2.24) is 0 Å². The molecule has 1 aromatic heterocycles. The van der Waals surface area contributed by atoms with Gasteiger partial charge in [-0.25, -0.2) is 0 Å². The molecule has 0 saturated carbocycles. The van der Waals surface area contributed by atoms with Crippen LogP contribution in [0.2, 0.25) is 0 Å². The Hall–Kier alpha value is -0.790. The summed E-state index contributed by atoms with van der Waals surface area (Å²) in [4.78, 5) is 0. The second kappa shape index (κ2) is 3.99. The average molecular weight is 250 g/mol. The quantitative estimate of drug-likeness (QED) is 0.745. The Labute approximate surface area is 91.7 Å². The zero-order valence-corrected chi connectivity index (χ0v) is 9.64. The van der Waals surface area contributed by atoms with E-state index in [4.69, 9.17) is 9.47 Å². The minimum absolute atomic E-state index is 0.196.